The number of nitrogens with zero attached hydrogens (tertiary/aromatic N) is 1. The maximum Gasteiger partial charge on any atom is 0.110 e. The van der Waals surface area contributed by atoms with Crippen LogP contribution in [0.3, 0.4) is 0 Å². The van der Waals surface area contributed by atoms with Gasteiger partial charge in [0.2, 0.25) is 0 Å². The largest absolute Gasteiger partial charge is 0.385 e. The summed E-state index contributed by atoms with van der Waals surface area (Å²) in [6, 6.07) is 0. The van der Waals surface area contributed by atoms with Crippen molar-refractivity contribution in [2.24, 2.45) is 10.8 Å². The lowest BCUT2D eigenvalue weighted by atomic mass is 10.3. The Hall–Kier alpha value is -0.650. The highest BCUT2D eigenvalue weighted by Gasteiger charge is 1.95. The molecule has 13 heavy (non-hydrogen) atoms. The summed E-state index contributed by atoms with van der Waals surface area (Å²) < 4.78 is 9.78. The van der Waals surface area contributed by atoms with Crippen LogP contribution in [0.4, 0.5) is 0 Å². The first-order valence-electron chi connectivity index (χ1n) is 4.33. The first kappa shape index (κ1) is 12.3. The number of amidine groups is 1. The van der Waals surface area contributed by atoms with Gasteiger partial charge in [-0.1, -0.05) is 0 Å². The molecule has 0 aromatic rings. The summed E-state index contributed by atoms with van der Waals surface area (Å²) in [4.78, 5) is 4.20. The monoisotopic (exact) mass is 189 g/mol. The number of hydrogen-bond acceptors (Lipinski definition) is 4. The van der Waals surface area contributed by atoms with Gasteiger partial charge in [0.25, 0.3) is 0 Å². The SMILES string of the molecule is COCCCC(=NCCOC)NN. The quantitative estimate of drug-likeness (QED) is 0.193. The van der Waals surface area contributed by atoms with E-state index in [1.165, 1.54) is 0 Å². The predicted octanol–water partition coefficient (Wildman–Crippen LogP) is -0.0788. The number of rotatable bonds is 7. The summed E-state index contributed by atoms with van der Waals surface area (Å²) in [5.41, 5.74) is 2.56. The molecule has 3 N–H and O–H groups in total. The maximum atomic E-state index is 5.27. The third kappa shape index (κ3) is 7.70. The zero-order valence-electron chi connectivity index (χ0n) is 8.38. The van der Waals surface area contributed by atoms with E-state index in [9.17, 15) is 0 Å². The fourth-order valence-corrected chi connectivity index (χ4v) is 0.853. The summed E-state index contributed by atoms with van der Waals surface area (Å²) >= 11 is 0. The minimum Gasteiger partial charge on any atom is -0.385 e. The van der Waals surface area contributed by atoms with Crippen LogP contribution in [0.5, 0.6) is 0 Å². The van der Waals surface area contributed by atoms with Crippen molar-refractivity contribution in [3.8, 4) is 0 Å². The van der Waals surface area contributed by atoms with Gasteiger partial charge in [-0.15, -0.1) is 0 Å². The van der Waals surface area contributed by atoms with Crippen molar-refractivity contribution in [2.75, 3.05) is 34.0 Å². The Morgan fingerprint density at radius 3 is 2.54 bits per heavy atom. The number of hydrazine groups is 1. The van der Waals surface area contributed by atoms with Crippen molar-refractivity contribution in [3.63, 3.8) is 0 Å². The van der Waals surface area contributed by atoms with E-state index in [2.05, 4.69) is 10.4 Å². The number of methoxy groups -OCH3 is 2. The lowest BCUT2D eigenvalue weighted by molar-refractivity contribution is 0.196. The Labute approximate surface area is 79.3 Å². The van der Waals surface area contributed by atoms with Gasteiger partial charge in [-0.25, -0.2) is 5.84 Å². The van der Waals surface area contributed by atoms with Crippen LogP contribution in [-0.2, 0) is 9.47 Å². The molecule has 0 unspecified atom stereocenters. The van der Waals surface area contributed by atoms with E-state index < -0.39 is 0 Å². The van der Waals surface area contributed by atoms with Gasteiger partial charge < -0.3 is 14.9 Å². The van der Waals surface area contributed by atoms with Crippen molar-refractivity contribution in [2.45, 2.75) is 12.8 Å². The second-order valence-corrected chi connectivity index (χ2v) is 2.56. The van der Waals surface area contributed by atoms with E-state index in [1.807, 2.05) is 0 Å². The molecular weight excluding hydrogens is 170 g/mol. The molecule has 0 aliphatic heterocycles. The molecule has 5 nitrogen and oxygen atoms in total. The molecular formula is C8H19N3O2. The van der Waals surface area contributed by atoms with Gasteiger partial charge in [-0.2, -0.15) is 0 Å². The van der Waals surface area contributed by atoms with Crippen LogP contribution in [0, 0.1) is 0 Å². The fourth-order valence-electron chi connectivity index (χ4n) is 0.853. The number of aliphatic imine (C=N–C) groups is 1. The van der Waals surface area contributed by atoms with Crippen molar-refractivity contribution in [3.05, 3.63) is 0 Å². The van der Waals surface area contributed by atoms with E-state index in [-0.39, 0.29) is 0 Å². The topological polar surface area (TPSA) is 68.9 Å². The first-order valence-corrected chi connectivity index (χ1v) is 4.33. The van der Waals surface area contributed by atoms with Crippen LogP contribution in [0.25, 0.3) is 0 Å². The van der Waals surface area contributed by atoms with Crippen LogP contribution < -0.4 is 11.3 Å². The standard InChI is InChI=1S/C8H19N3O2/c1-12-6-3-4-8(11-9)10-5-7-13-2/h3-7,9H2,1-2H3,(H,10,11). The van der Waals surface area contributed by atoms with Gasteiger partial charge in [-0.05, 0) is 6.42 Å². The molecule has 0 rings (SSSR count). The van der Waals surface area contributed by atoms with E-state index in [1.54, 1.807) is 14.2 Å². The van der Waals surface area contributed by atoms with Gasteiger partial charge in [0.1, 0.15) is 5.84 Å². The summed E-state index contributed by atoms with van der Waals surface area (Å²) in [7, 11) is 3.33. The highest BCUT2D eigenvalue weighted by atomic mass is 16.5. The van der Waals surface area contributed by atoms with E-state index >= 15 is 0 Å². The average molecular weight is 189 g/mol. The molecule has 5 heteroatoms. The Morgan fingerprint density at radius 2 is 2.00 bits per heavy atom. The van der Waals surface area contributed by atoms with Crippen LogP contribution in [-0.4, -0.2) is 39.8 Å². The van der Waals surface area contributed by atoms with E-state index in [4.69, 9.17) is 15.3 Å². The lowest BCUT2D eigenvalue weighted by Crippen LogP contribution is -2.30. The number of nitrogens with two attached hydrogens (primary N) is 1. The Balaban J connectivity index is 3.54. The molecule has 0 spiro atoms. The second kappa shape index (κ2) is 9.44. The normalized spacial score (nSPS) is 11.8. The molecule has 0 aliphatic rings. The molecule has 0 aromatic heterocycles. The van der Waals surface area contributed by atoms with Crippen LogP contribution in [0.1, 0.15) is 12.8 Å². The summed E-state index contributed by atoms with van der Waals surface area (Å²) in [5, 5.41) is 0. The molecule has 0 heterocycles. The Kier molecular flexibility index (Phi) is 8.97. The van der Waals surface area contributed by atoms with Crippen molar-refractivity contribution >= 4 is 5.84 Å². The van der Waals surface area contributed by atoms with Crippen LogP contribution in [0.15, 0.2) is 4.99 Å². The number of ether oxygens (including phenoxy) is 2. The second-order valence-electron chi connectivity index (χ2n) is 2.56. The van der Waals surface area contributed by atoms with Crippen LogP contribution in [0.2, 0.25) is 0 Å². The van der Waals surface area contributed by atoms with Gasteiger partial charge >= 0.3 is 0 Å². The highest BCUT2D eigenvalue weighted by molar-refractivity contribution is 5.81. The smallest absolute Gasteiger partial charge is 0.110 e. The zero-order valence-corrected chi connectivity index (χ0v) is 8.38. The molecule has 0 aromatic carbocycles. The van der Waals surface area contributed by atoms with Gasteiger partial charge in [0, 0.05) is 27.2 Å². The average Bonchev–Trinajstić information content (AvgIpc) is 2.16. The predicted molar refractivity (Wildman–Crippen MR) is 52.6 cm³/mol. The molecule has 0 saturated heterocycles. The third-order valence-electron chi connectivity index (χ3n) is 1.53. The molecule has 0 fully saturated rings. The van der Waals surface area contributed by atoms with Crippen molar-refractivity contribution in [1.82, 2.24) is 5.43 Å². The zero-order chi connectivity index (χ0) is 9.94. The minimum atomic E-state index is 0.620. The molecule has 0 saturated carbocycles. The summed E-state index contributed by atoms with van der Waals surface area (Å²) in [6.07, 6.45) is 1.74. The summed E-state index contributed by atoms with van der Waals surface area (Å²) in [5.74, 6) is 6.07. The Bertz CT molecular complexity index is 139. The van der Waals surface area contributed by atoms with Crippen molar-refractivity contribution in [1.29, 1.82) is 0 Å². The lowest BCUT2D eigenvalue weighted by Gasteiger charge is -2.04. The molecule has 0 amide bonds. The number of hydrogen-bond donors (Lipinski definition) is 2. The molecule has 0 bridgehead atoms. The molecule has 0 atom stereocenters. The third-order valence-corrected chi connectivity index (χ3v) is 1.53. The maximum absolute atomic E-state index is 5.27. The molecule has 0 aliphatic carbocycles. The van der Waals surface area contributed by atoms with E-state index in [0.29, 0.717) is 13.2 Å². The fraction of sp³-hybridized carbons (Fsp3) is 0.875. The van der Waals surface area contributed by atoms with Gasteiger partial charge in [0.05, 0.1) is 13.2 Å². The first-order chi connectivity index (χ1) is 6.35. The van der Waals surface area contributed by atoms with Gasteiger partial charge in [0.15, 0.2) is 0 Å². The minimum absolute atomic E-state index is 0.620. The van der Waals surface area contributed by atoms with Gasteiger partial charge in [-0.3, -0.25) is 4.99 Å². The summed E-state index contributed by atoms with van der Waals surface area (Å²) in [6.45, 7) is 1.99. The van der Waals surface area contributed by atoms with E-state index in [0.717, 1.165) is 25.3 Å². The molecule has 0 radical (unpaired) electrons. The number of nitrogens with one attached hydrogen (secondary N) is 1. The van der Waals surface area contributed by atoms with Crippen LogP contribution >= 0.6 is 0 Å². The Morgan fingerprint density at radius 1 is 1.31 bits per heavy atom. The molecule has 78 valence electrons. The van der Waals surface area contributed by atoms with Crippen molar-refractivity contribution < 1.29 is 9.47 Å². The highest BCUT2D eigenvalue weighted by Crippen LogP contribution is 1.91.